The van der Waals surface area contributed by atoms with E-state index in [4.69, 9.17) is 9.47 Å². The maximum Gasteiger partial charge on any atom is 0.276 e. The van der Waals surface area contributed by atoms with Gasteiger partial charge in [0.2, 0.25) is 0 Å². The van der Waals surface area contributed by atoms with E-state index in [-0.39, 0.29) is 18.1 Å². The molecule has 2 aromatic heterocycles. The Bertz CT molecular complexity index is 666. The van der Waals surface area contributed by atoms with Crippen LogP contribution in [0.4, 0.5) is 0 Å². The third-order valence-electron chi connectivity index (χ3n) is 4.28. The van der Waals surface area contributed by atoms with Crippen LogP contribution in [0.3, 0.4) is 0 Å². The summed E-state index contributed by atoms with van der Waals surface area (Å²) in [5.41, 5.74) is 1.52. The molecule has 0 aromatic carbocycles. The fourth-order valence-corrected chi connectivity index (χ4v) is 3.64. The summed E-state index contributed by atoms with van der Waals surface area (Å²) >= 11 is 1.64. The number of ether oxygens (including phenoxy) is 2. The molecular formula is C15H18N4O3S. The van der Waals surface area contributed by atoms with Crippen LogP contribution in [-0.4, -0.2) is 58.7 Å². The molecular weight excluding hydrogens is 316 g/mol. The SMILES string of the molecule is O=C(c1cn(C2CCOC2)nn1)N1CCOC(c2ccsc2)C1. The van der Waals surface area contributed by atoms with Crippen molar-refractivity contribution < 1.29 is 14.3 Å². The van der Waals surface area contributed by atoms with E-state index in [0.717, 1.165) is 18.6 Å². The van der Waals surface area contributed by atoms with Crippen LogP contribution in [0.15, 0.2) is 23.0 Å². The molecule has 0 N–H and O–H groups in total. The molecule has 4 rings (SSSR count). The molecule has 2 aliphatic heterocycles. The van der Waals surface area contributed by atoms with E-state index in [0.29, 0.717) is 32.0 Å². The van der Waals surface area contributed by atoms with E-state index in [1.54, 1.807) is 27.1 Å². The van der Waals surface area contributed by atoms with Crippen molar-refractivity contribution in [2.75, 3.05) is 32.9 Å². The lowest BCUT2D eigenvalue weighted by molar-refractivity contribution is -0.0228. The van der Waals surface area contributed by atoms with E-state index in [1.165, 1.54) is 0 Å². The molecule has 2 aliphatic rings. The number of hydrogen-bond donors (Lipinski definition) is 0. The molecule has 0 radical (unpaired) electrons. The quantitative estimate of drug-likeness (QED) is 0.851. The van der Waals surface area contributed by atoms with E-state index >= 15 is 0 Å². The summed E-state index contributed by atoms with van der Waals surface area (Å²) < 4.78 is 12.9. The molecule has 8 heteroatoms. The van der Waals surface area contributed by atoms with Crippen LogP contribution in [0.2, 0.25) is 0 Å². The first-order chi connectivity index (χ1) is 11.3. The van der Waals surface area contributed by atoms with Crippen molar-refractivity contribution in [2.45, 2.75) is 18.6 Å². The van der Waals surface area contributed by atoms with Crippen molar-refractivity contribution in [1.29, 1.82) is 0 Å². The average molecular weight is 334 g/mol. The number of carbonyl (C=O) groups is 1. The summed E-state index contributed by atoms with van der Waals surface area (Å²) in [6, 6.07) is 2.23. The van der Waals surface area contributed by atoms with Gasteiger partial charge in [0.1, 0.15) is 6.10 Å². The number of thiophene rings is 1. The summed E-state index contributed by atoms with van der Waals surface area (Å²) in [5, 5.41) is 12.2. The highest BCUT2D eigenvalue weighted by Crippen LogP contribution is 2.25. The van der Waals surface area contributed by atoms with Gasteiger partial charge < -0.3 is 14.4 Å². The molecule has 0 bridgehead atoms. The third kappa shape index (κ3) is 3.01. The standard InChI is InChI=1S/C15H18N4O3S/c20-15(13-7-19(17-16-13)12-1-4-21-9-12)18-3-5-22-14(8-18)11-2-6-23-10-11/h2,6-7,10,12,14H,1,3-5,8-9H2. The number of nitrogens with zero attached hydrogens (tertiary/aromatic N) is 4. The van der Waals surface area contributed by atoms with Gasteiger partial charge in [-0.3, -0.25) is 4.79 Å². The molecule has 2 atom stereocenters. The minimum absolute atomic E-state index is 0.0581. The van der Waals surface area contributed by atoms with Crippen molar-refractivity contribution in [3.8, 4) is 0 Å². The van der Waals surface area contributed by atoms with Crippen molar-refractivity contribution in [3.05, 3.63) is 34.3 Å². The van der Waals surface area contributed by atoms with Gasteiger partial charge in [-0.2, -0.15) is 11.3 Å². The predicted octanol–water partition coefficient (Wildman–Crippen LogP) is 1.51. The van der Waals surface area contributed by atoms with Crippen molar-refractivity contribution in [2.24, 2.45) is 0 Å². The van der Waals surface area contributed by atoms with Gasteiger partial charge in [-0.15, -0.1) is 5.10 Å². The zero-order valence-electron chi connectivity index (χ0n) is 12.6. The lowest BCUT2D eigenvalue weighted by Gasteiger charge is -2.32. The Morgan fingerprint density at radius 1 is 1.39 bits per heavy atom. The molecule has 1 amide bonds. The molecule has 2 unspecified atom stereocenters. The number of rotatable bonds is 3. The van der Waals surface area contributed by atoms with Gasteiger partial charge in [-0.25, -0.2) is 4.68 Å². The van der Waals surface area contributed by atoms with Crippen LogP contribution >= 0.6 is 11.3 Å². The molecule has 7 nitrogen and oxygen atoms in total. The van der Waals surface area contributed by atoms with Crippen molar-refractivity contribution in [1.82, 2.24) is 19.9 Å². The first-order valence-corrected chi connectivity index (χ1v) is 8.68. The summed E-state index contributed by atoms with van der Waals surface area (Å²) in [5.74, 6) is -0.0845. The van der Waals surface area contributed by atoms with Crippen LogP contribution in [0.1, 0.15) is 34.6 Å². The smallest absolute Gasteiger partial charge is 0.276 e. The van der Waals surface area contributed by atoms with E-state index in [2.05, 4.69) is 15.7 Å². The van der Waals surface area contributed by atoms with E-state index < -0.39 is 0 Å². The first kappa shape index (κ1) is 14.8. The Labute approximate surface area is 137 Å². The molecule has 0 saturated carbocycles. The zero-order valence-corrected chi connectivity index (χ0v) is 13.4. The summed E-state index contributed by atoms with van der Waals surface area (Å²) in [4.78, 5) is 14.5. The van der Waals surface area contributed by atoms with Crippen LogP contribution in [0, 0.1) is 0 Å². The Morgan fingerprint density at radius 2 is 2.35 bits per heavy atom. The van der Waals surface area contributed by atoms with Gasteiger partial charge in [-0.1, -0.05) is 5.21 Å². The monoisotopic (exact) mass is 334 g/mol. The molecule has 0 aliphatic carbocycles. The number of amides is 1. The predicted molar refractivity (Wildman–Crippen MR) is 83.4 cm³/mol. The average Bonchev–Trinajstić information content (AvgIpc) is 3.36. The number of morpholine rings is 1. The molecule has 2 saturated heterocycles. The highest BCUT2D eigenvalue weighted by molar-refractivity contribution is 7.07. The topological polar surface area (TPSA) is 69.5 Å². The molecule has 2 fully saturated rings. The van der Waals surface area contributed by atoms with Gasteiger partial charge in [0.05, 0.1) is 32.0 Å². The highest BCUT2D eigenvalue weighted by atomic mass is 32.1. The Kier molecular flexibility index (Phi) is 4.11. The van der Waals surface area contributed by atoms with E-state index in [1.807, 2.05) is 11.4 Å². The summed E-state index contributed by atoms with van der Waals surface area (Å²) in [7, 11) is 0. The molecule has 2 aromatic rings. The van der Waals surface area contributed by atoms with Crippen LogP contribution in [-0.2, 0) is 9.47 Å². The van der Waals surface area contributed by atoms with Crippen molar-refractivity contribution in [3.63, 3.8) is 0 Å². The zero-order chi connectivity index (χ0) is 15.6. The number of hydrogen-bond acceptors (Lipinski definition) is 6. The minimum atomic E-state index is -0.0845. The lowest BCUT2D eigenvalue weighted by atomic mass is 10.1. The van der Waals surface area contributed by atoms with E-state index in [9.17, 15) is 4.79 Å². The summed E-state index contributed by atoms with van der Waals surface area (Å²) in [6.45, 7) is 3.04. The number of aromatic nitrogens is 3. The minimum Gasteiger partial charge on any atom is -0.379 e. The van der Waals surface area contributed by atoms with Crippen LogP contribution in [0.25, 0.3) is 0 Å². The molecule has 122 valence electrons. The summed E-state index contributed by atoms with van der Waals surface area (Å²) in [6.07, 6.45) is 2.59. The van der Waals surface area contributed by atoms with Gasteiger partial charge in [0, 0.05) is 13.2 Å². The molecule has 23 heavy (non-hydrogen) atoms. The fourth-order valence-electron chi connectivity index (χ4n) is 2.94. The second kappa shape index (κ2) is 6.38. The van der Waals surface area contributed by atoms with Gasteiger partial charge >= 0.3 is 0 Å². The Morgan fingerprint density at radius 3 is 3.13 bits per heavy atom. The largest absolute Gasteiger partial charge is 0.379 e. The second-order valence-electron chi connectivity index (χ2n) is 5.77. The van der Waals surface area contributed by atoms with Crippen LogP contribution < -0.4 is 0 Å². The molecule has 0 spiro atoms. The fraction of sp³-hybridized carbons (Fsp3) is 0.533. The second-order valence-corrected chi connectivity index (χ2v) is 6.55. The third-order valence-corrected chi connectivity index (χ3v) is 4.98. The Balaban J connectivity index is 1.45. The maximum absolute atomic E-state index is 12.7. The lowest BCUT2D eigenvalue weighted by Crippen LogP contribution is -2.42. The normalized spacial score (nSPS) is 25.0. The van der Waals surface area contributed by atoms with Gasteiger partial charge in [-0.05, 0) is 28.8 Å². The highest BCUT2D eigenvalue weighted by Gasteiger charge is 2.28. The van der Waals surface area contributed by atoms with Crippen LogP contribution in [0.5, 0.6) is 0 Å². The Hall–Kier alpha value is -1.77. The van der Waals surface area contributed by atoms with Gasteiger partial charge in [0.15, 0.2) is 5.69 Å². The van der Waals surface area contributed by atoms with Crippen molar-refractivity contribution >= 4 is 17.2 Å². The molecule has 4 heterocycles. The first-order valence-electron chi connectivity index (χ1n) is 7.74. The number of carbonyl (C=O) groups excluding carboxylic acids is 1. The van der Waals surface area contributed by atoms with Gasteiger partial charge in [0.25, 0.3) is 5.91 Å². The maximum atomic E-state index is 12.7.